The van der Waals surface area contributed by atoms with E-state index in [0.717, 1.165) is 31.2 Å². The predicted octanol–water partition coefficient (Wildman–Crippen LogP) is 0.933. The number of nitrogens with one attached hydrogen (secondary N) is 1. The van der Waals surface area contributed by atoms with Gasteiger partial charge in [0.1, 0.15) is 5.82 Å². The number of hydrogen-bond donors (Lipinski definition) is 2. The zero-order valence-electron chi connectivity index (χ0n) is 11.0. The Balaban J connectivity index is 2.12. The standard InChI is InChI=1S/C12H21N5O/c1-9-6-11(15-12(14-9)16-13)17-5-3-4-10(7-17)8-18-2/h6,10H,3-5,7-8,13H2,1-2H3,(H,14,15,16). The summed E-state index contributed by atoms with van der Waals surface area (Å²) < 4.78 is 5.24. The minimum atomic E-state index is 0.471. The van der Waals surface area contributed by atoms with Crippen molar-refractivity contribution in [1.82, 2.24) is 9.97 Å². The Kier molecular flexibility index (Phi) is 4.33. The molecule has 0 amide bonds. The van der Waals surface area contributed by atoms with Crippen LogP contribution in [0.2, 0.25) is 0 Å². The van der Waals surface area contributed by atoms with E-state index < -0.39 is 0 Å². The van der Waals surface area contributed by atoms with Gasteiger partial charge in [-0.15, -0.1) is 0 Å². The summed E-state index contributed by atoms with van der Waals surface area (Å²) in [5.74, 6) is 7.37. The van der Waals surface area contributed by atoms with Crippen molar-refractivity contribution in [3.05, 3.63) is 11.8 Å². The molecule has 0 radical (unpaired) electrons. The number of nitrogens with two attached hydrogens (primary N) is 1. The number of methoxy groups -OCH3 is 1. The molecule has 1 aromatic rings. The van der Waals surface area contributed by atoms with Gasteiger partial charge < -0.3 is 9.64 Å². The fraction of sp³-hybridized carbons (Fsp3) is 0.667. The highest BCUT2D eigenvalue weighted by Crippen LogP contribution is 2.23. The van der Waals surface area contributed by atoms with Crippen LogP contribution in [0.15, 0.2) is 6.07 Å². The van der Waals surface area contributed by atoms with Crippen molar-refractivity contribution in [2.45, 2.75) is 19.8 Å². The first-order valence-electron chi connectivity index (χ1n) is 6.29. The Morgan fingerprint density at radius 3 is 3.11 bits per heavy atom. The molecule has 0 aromatic carbocycles. The van der Waals surface area contributed by atoms with Crippen LogP contribution in [0.25, 0.3) is 0 Å². The van der Waals surface area contributed by atoms with Gasteiger partial charge in [0.15, 0.2) is 0 Å². The number of aromatic nitrogens is 2. The van der Waals surface area contributed by atoms with Gasteiger partial charge in [0, 0.05) is 32.0 Å². The maximum atomic E-state index is 5.38. The smallest absolute Gasteiger partial charge is 0.239 e. The highest BCUT2D eigenvalue weighted by molar-refractivity contribution is 5.44. The molecule has 0 bridgehead atoms. The molecule has 6 heteroatoms. The van der Waals surface area contributed by atoms with E-state index in [0.29, 0.717) is 11.9 Å². The van der Waals surface area contributed by atoms with Crippen LogP contribution in [0.4, 0.5) is 11.8 Å². The van der Waals surface area contributed by atoms with Crippen molar-refractivity contribution in [1.29, 1.82) is 0 Å². The summed E-state index contributed by atoms with van der Waals surface area (Å²) in [5, 5.41) is 0. The van der Waals surface area contributed by atoms with E-state index in [9.17, 15) is 0 Å². The van der Waals surface area contributed by atoms with Crippen molar-refractivity contribution in [2.24, 2.45) is 11.8 Å². The fourth-order valence-corrected chi connectivity index (χ4v) is 2.42. The topological polar surface area (TPSA) is 76.3 Å². The molecule has 0 spiro atoms. The van der Waals surface area contributed by atoms with Gasteiger partial charge in [-0.05, 0) is 25.7 Å². The third-order valence-electron chi connectivity index (χ3n) is 3.22. The number of piperidine rings is 1. The molecule has 6 nitrogen and oxygen atoms in total. The number of ether oxygens (including phenoxy) is 1. The van der Waals surface area contributed by atoms with Crippen molar-refractivity contribution in [3.63, 3.8) is 0 Å². The SMILES string of the molecule is COCC1CCCN(c2cc(C)nc(NN)n2)C1. The number of nitrogens with zero attached hydrogens (tertiary/aromatic N) is 3. The molecule has 1 atom stereocenters. The predicted molar refractivity (Wildman–Crippen MR) is 71.4 cm³/mol. The number of nitrogen functional groups attached to an aromatic ring is 1. The van der Waals surface area contributed by atoms with E-state index in [1.807, 2.05) is 13.0 Å². The number of aryl methyl sites for hydroxylation is 1. The quantitative estimate of drug-likeness (QED) is 0.612. The van der Waals surface area contributed by atoms with Crippen LogP contribution in [-0.2, 0) is 4.74 Å². The summed E-state index contributed by atoms with van der Waals surface area (Å²) in [7, 11) is 1.75. The molecule has 1 fully saturated rings. The van der Waals surface area contributed by atoms with E-state index in [-0.39, 0.29) is 0 Å². The molecule has 2 rings (SSSR count). The van der Waals surface area contributed by atoms with Gasteiger partial charge in [0.25, 0.3) is 0 Å². The maximum Gasteiger partial charge on any atom is 0.239 e. The van der Waals surface area contributed by atoms with E-state index >= 15 is 0 Å². The first-order valence-corrected chi connectivity index (χ1v) is 6.29. The average molecular weight is 251 g/mol. The Hall–Kier alpha value is -1.40. The minimum Gasteiger partial charge on any atom is -0.384 e. The zero-order valence-corrected chi connectivity index (χ0v) is 11.0. The van der Waals surface area contributed by atoms with Gasteiger partial charge in [-0.3, -0.25) is 5.43 Å². The molecule has 3 N–H and O–H groups in total. The second kappa shape index (κ2) is 5.97. The average Bonchev–Trinajstić information content (AvgIpc) is 2.39. The van der Waals surface area contributed by atoms with Gasteiger partial charge in [0.05, 0.1) is 6.61 Å². The van der Waals surface area contributed by atoms with Gasteiger partial charge >= 0.3 is 0 Å². The molecule has 18 heavy (non-hydrogen) atoms. The minimum absolute atomic E-state index is 0.471. The molecule has 1 unspecified atom stereocenters. The van der Waals surface area contributed by atoms with Crippen molar-refractivity contribution in [2.75, 3.05) is 37.1 Å². The fourth-order valence-electron chi connectivity index (χ4n) is 2.42. The van der Waals surface area contributed by atoms with Crippen LogP contribution in [0.1, 0.15) is 18.5 Å². The molecule has 1 aromatic heterocycles. The van der Waals surface area contributed by atoms with Gasteiger partial charge in [-0.2, -0.15) is 4.98 Å². The summed E-state index contributed by atoms with van der Waals surface area (Å²) in [6.45, 7) is 4.76. The van der Waals surface area contributed by atoms with Crippen molar-refractivity contribution in [3.8, 4) is 0 Å². The lowest BCUT2D eigenvalue weighted by atomic mass is 9.99. The molecule has 100 valence electrons. The lowest BCUT2D eigenvalue weighted by Gasteiger charge is -2.33. The largest absolute Gasteiger partial charge is 0.384 e. The summed E-state index contributed by atoms with van der Waals surface area (Å²) in [6.07, 6.45) is 2.39. The summed E-state index contributed by atoms with van der Waals surface area (Å²) in [6, 6.07) is 2.00. The monoisotopic (exact) mass is 251 g/mol. The molecule has 1 aliphatic rings. The molecule has 1 aliphatic heterocycles. The van der Waals surface area contributed by atoms with E-state index in [1.54, 1.807) is 7.11 Å². The Morgan fingerprint density at radius 2 is 2.39 bits per heavy atom. The number of hydrogen-bond acceptors (Lipinski definition) is 6. The zero-order chi connectivity index (χ0) is 13.0. The maximum absolute atomic E-state index is 5.38. The Morgan fingerprint density at radius 1 is 1.56 bits per heavy atom. The first-order chi connectivity index (χ1) is 8.72. The van der Waals surface area contributed by atoms with Crippen LogP contribution in [-0.4, -0.2) is 36.8 Å². The molecule has 1 saturated heterocycles. The van der Waals surface area contributed by atoms with E-state index in [1.165, 1.54) is 12.8 Å². The lowest BCUT2D eigenvalue weighted by Crippen LogP contribution is -2.37. The highest BCUT2D eigenvalue weighted by atomic mass is 16.5. The van der Waals surface area contributed by atoms with Gasteiger partial charge in [-0.25, -0.2) is 10.8 Å². The number of anilines is 2. The summed E-state index contributed by atoms with van der Waals surface area (Å²) in [4.78, 5) is 10.9. The van der Waals surface area contributed by atoms with E-state index in [2.05, 4.69) is 20.3 Å². The first kappa shape index (κ1) is 13.0. The molecular weight excluding hydrogens is 230 g/mol. The van der Waals surface area contributed by atoms with Crippen LogP contribution in [0, 0.1) is 12.8 Å². The Labute approximate surface area is 108 Å². The molecular formula is C12H21N5O. The third-order valence-corrected chi connectivity index (χ3v) is 3.22. The van der Waals surface area contributed by atoms with Crippen molar-refractivity contribution < 1.29 is 4.74 Å². The summed E-state index contributed by atoms with van der Waals surface area (Å²) in [5.41, 5.74) is 3.43. The molecule has 0 aliphatic carbocycles. The molecule has 2 heterocycles. The second-order valence-corrected chi connectivity index (χ2v) is 4.75. The van der Waals surface area contributed by atoms with Crippen LogP contribution >= 0.6 is 0 Å². The number of hydrazine groups is 1. The van der Waals surface area contributed by atoms with Gasteiger partial charge in [-0.1, -0.05) is 0 Å². The summed E-state index contributed by atoms with van der Waals surface area (Å²) >= 11 is 0. The van der Waals surface area contributed by atoms with Crippen LogP contribution in [0.5, 0.6) is 0 Å². The normalized spacial score (nSPS) is 19.9. The third kappa shape index (κ3) is 3.08. The highest BCUT2D eigenvalue weighted by Gasteiger charge is 2.21. The lowest BCUT2D eigenvalue weighted by molar-refractivity contribution is 0.143. The Bertz CT molecular complexity index is 396. The van der Waals surface area contributed by atoms with Crippen LogP contribution < -0.4 is 16.2 Å². The van der Waals surface area contributed by atoms with Gasteiger partial charge in [0.2, 0.25) is 5.95 Å². The van der Waals surface area contributed by atoms with E-state index in [4.69, 9.17) is 10.6 Å². The van der Waals surface area contributed by atoms with Crippen LogP contribution in [0.3, 0.4) is 0 Å². The molecule has 0 saturated carbocycles. The number of rotatable bonds is 4. The van der Waals surface area contributed by atoms with Crippen molar-refractivity contribution >= 4 is 11.8 Å². The second-order valence-electron chi connectivity index (χ2n) is 4.75.